The quantitative estimate of drug-likeness (QED) is 0.113. The van der Waals surface area contributed by atoms with E-state index in [0.717, 1.165) is 12.1 Å². The fourth-order valence-electron chi connectivity index (χ4n) is 7.61. The molecule has 1 unspecified atom stereocenters. The molecular formula is C58H41N5Si. The standard InChI is InChI=1S/C58H41N5Si/c1-40-19-16-26-45(37-40)64(44-24-6-3-7-25-44,46-27-17-22-42(38-46)41-20-4-2-5-21-41)47-28-18-23-43(39-47)56-59-57(62-52-33-12-8-29-48(52)49-30-9-13-34-53(49)62)61-58(60-56)63-54-35-14-10-31-50(54)51-32-11-15-36-55(51)63/h2-39H,1H3/i1D3,2D,4D,5D,8D,9D,10D,11D,12D,13D,14D,15D,16D,17D,18D,19D,20D,21D,22D,23D,26D,27D,28D,29D,30D,31D,32D,33D,34D,35D,36D,37D,38D,39D. The maximum Gasteiger partial charge on any atom is 0.240 e. The van der Waals surface area contributed by atoms with Crippen molar-refractivity contribution in [1.29, 1.82) is 0 Å². The van der Waals surface area contributed by atoms with Crippen LogP contribution in [0.25, 0.3) is 78.0 Å². The zero-order valence-corrected chi connectivity index (χ0v) is 33.1. The number of benzene rings is 9. The lowest BCUT2D eigenvalue weighted by atomic mass is 10.1. The largest absolute Gasteiger partial charge is 0.278 e. The molecule has 302 valence electrons. The molecule has 12 aromatic rings. The Labute approximate surface area is 422 Å². The SMILES string of the molecule is [2H]c1c([2H])c([2H])c(-c2c([2H])c([2H])c([2H])c([Si](c3ccccc3)(c3c([2H])c([2H])c([2H])c(-c4nc(-n5c6c([2H])c([2H])c([2H])c([2H])c6c6c([2H])c([2H])c([2H])c([2H])c65)nc(-n5c6c([2H])c([2H])c([2H])c([2H])c6c6c([2H])c([2H])c([2H])c([2H])c65)n4)c3[2H])c3c([2H])c([2H])c([2H])c(C([2H])([2H])[2H])c3[2H])c2[2H])c([2H])c1[2H]. The number of nitrogens with zero attached hydrogens (tertiary/aromatic N) is 5. The van der Waals surface area contributed by atoms with Crippen molar-refractivity contribution in [2.24, 2.45) is 0 Å². The summed E-state index contributed by atoms with van der Waals surface area (Å²) in [4.78, 5) is 13.9. The Hall–Kier alpha value is -8.19. The molecule has 0 aliphatic carbocycles. The molecule has 0 saturated heterocycles. The molecule has 3 heterocycles. The van der Waals surface area contributed by atoms with Crippen LogP contribution in [0.2, 0.25) is 0 Å². The third kappa shape index (κ3) is 6.03. The number of fused-ring (bicyclic) bond motifs is 6. The normalized spacial score (nSPS) is 20.7. The molecule has 0 amide bonds. The van der Waals surface area contributed by atoms with Gasteiger partial charge in [-0.05, 0) is 62.9 Å². The maximum atomic E-state index is 10.8. The maximum absolute atomic E-state index is 10.8. The summed E-state index contributed by atoms with van der Waals surface area (Å²) in [6.07, 6.45) is 0. The Morgan fingerprint density at radius 3 is 1.36 bits per heavy atom. The second kappa shape index (κ2) is 15.3. The monoisotopic (exact) mass is 872 g/mol. The van der Waals surface area contributed by atoms with E-state index in [1.807, 2.05) is 0 Å². The van der Waals surface area contributed by atoms with Gasteiger partial charge in [-0.15, -0.1) is 0 Å². The van der Waals surface area contributed by atoms with Crippen molar-refractivity contribution in [3.8, 4) is 34.4 Å². The molecule has 0 saturated carbocycles. The molecule has 1 atom stereocenters. The molecule has 0 aliphatic heterocycles. The van der Waals surface area contributed by atoms with Gasteiger partial charge in [0.1, 0.15) is 0 Å². The van der Waals surface area contributed by atoms with E-state index in [4.69, 9.17) is 23.3 Å². The summed E-state index contributed by atoms with van der Waals surface area (Å²) in [5.74, 6) is -3.34. The molecular weight excluding hydrogens is 795 g/mol. The van der Waals surface area contributed by atoms with Crippen LogP contribution >= 0.6 is 0 Å². The van der Waals surface area contributed by atoms with Gasteiger partial charge in [0.05, 0.1) is 67.3 Å². The fraction of sp³-hybridized carbons (Fsp3) is 0.0172. The van der Waals surface area contributed by atoms with Crippen LogP contribution in [0.3, 0.4) is 0 Å². The average molecular weight is 872 g/mol. The summed E-state index contributed by atoms with van der Waals surface area (Å²) in [5.41, 5.74) is -7.37. The van der Waals surface area contributed by atoms with Crippen LogP contribution < -0.4 is 20.7 Å². The van der Waals surface area contributed by atoms with Crippen LogP contribution in [0.1, 0.15) is 54.9 Å². The molecule has 3 aromatic heterocycles. The predicted octanol–water partition coefficient (Wildman–Crippen LogP) is 11.1. The number of hydrogen-bond donors (Lipinski definition) is 0. The van der Waals surface area contributed by atoms with Crippen LogP contribution in [0.5, 0.6) is 0 Å². The second-order valence-corrected chi connectivity index (χ2v) is 17.3. The molecule has 9 aromatic carbocycles. The zero-order chi connectivity index (χ0) is 73.8. The second-order valence-electron chi connectivity index (χ2n) is 13.7. The van der Waals surface area contributed by atoms with Gasteiger partial charge in [0.15, 0.2) is 13.9 Å². The first-order valence-corrected chi connectivity index (χ1v) is 20.8. The van der Waals surface area contributed by atoms with Crippen molar-refractivity contribution in [3.63, 3.8) is 0 Å². The third-order valence-electron chi connectivity index (χ3n) is 10.3. The Morgan fingerprint density at radius 1 is 0.391 bits per heavy atom. The Kier molecular flexibility index (Phi) is 3.79. The molecule has 0 bridgehead atoms. The minimum Gasteiger partial charge on any atom is -0.278 e. The van der Waals surface area contributed by atoms with Crippen LogP contribution in [0.15, 0.2) is 230 Å². The van der Waals surface area contributed by atoms with Gasteiger partial charge < -0.3 is 0 Å². The van der Waals surface area contributed by atoms with Crippen molar-refractivity contribution in [2.75, 3.05) is 0 Å². The molecule has 0 spiro atoms. The molecule has 0 fully saturated rings. The summed E-state index contributed by atoms with van der Waals surface area (Å²) >= 11 is 0. The van der Waals surface area contributed by atoms with Gasteiger partial charge >= 0.3 is 0 Å². The Bertz CT molecular complexity index is 5410. The minimum absolute atomic E-state index is 0.444. The highest BCUT2D eigenvalue weighted by Gasteiger charge is 2.42. The van der Waals surface area contributed by atoms with E-state index in [2.05, 4.69) is 15.0 Å². The molecule has 0 radical (unpaired) electrons. The fourth-order valence-corrected chi connectivity index (χ4v) is 11.6. The van der Waals surface area contributed by atoms with Crippen molar-refractivity contribution in [3.05, 3.63) is 235 Å². The number of aromatic nitrogens is 5. The van der Waals surface area contributed by atoms with Crippen LogP contribution in [0.4, 0.5) is 0 Å². The lowest BCUT2D eigenvalue weighted by molar-refractivity contribution is 0.893. The van der Waals surface area contributed by atoms with Crippen molar-refractivity contribution in [1.82, 2.24) is 24.1 Å². The van der Waals surface area contributed by atoms with E-state index >= 15 is 0 Å². The average Bonchev–Trinajstić information content (AvgIpc) is 0.707. The number of hydrogen-bond acceptors (Lipinski definition) is 3. The van der Waals surface area contributed by atoms with Gasteiger partial charge in [-0.3, -0.25) is 9.13 Å². The smallest absolute Gasteiger partial charge is 0.240 e. The van der Waals surface area contributed by atoms with Gasteiger partial charge in [-0.2, -0.15) is 15.0 Å². The Morgan fingerprint density at radius 2 is 0.828 bits per heavy atom. The van der Waals surface area contributed by atoms with E-state index < -0.39 is 319 Å². The van der Waals surface area contributed by atoms with Gasteiger partial charge in [0, 0.05) is 31.2 Å². The molecule has 5 nitrogen and oxygen atoms in total. The van der Waals surface area contributed by atoms with Crippen molar-refractivity contribution in [2.45, 2.75) is 6.85 Å². The highest BCUT2D eigenvalue weighted by molar-refractivity contribution is 7.20. The van der Waals surface area contributed by atoms with E-state index in [-0.39, 0.29) is 0 Å². The van der Waals surface area contributed by atoms with Gasteiger partial charge in [0.25, 0.3) is 0 Å². The topological polar surface area (TPSA) is 48.5 Å². The van der Waals surface area contributed by atoms with E-state index in [9.17, 15) is 26.0 Å². The lowest BCUT2D eigenvalue weighted by Crippen LogP contribution is -2.74. The first kappa shape index (κ1) is 15.9. The summed E-state index contributed by atoms with van der Waals surface area (Å²) < 4.78 is 334. The van der Waals surface area contributed by atoms with Crippen molar-refractivity contribution >= 4 is 72.4 Å². The molecule has 64 heavy (non-hydrogen) atoms. The highest BCUT2D eigenvalue weighted by atomic mass is 28.3. The zero-order valence-electron chi connectivity index (χ0n) is 68.1. The van der Waals surface area contributed by atoms with Crippen LogP contribution in [-0.2, 0) is 0 Å². The molecule has 0 aliphatic rings. The first-order chi connectivity index (χ1) is 46.6. The summed E-state index contributed by atoms with van der Waals surface area (Å²) in [6, 6.07) is -29.8. The summed E-state index contributed by atoms with van der Waals surface area (Å²) in [5, 5.41) is -6.16. The summed E-state index contributed by atoms with van der Waals surface area (Å²) in [6.45, 7) is -3.61. The molecule has 0 N–H and O–H groups in total. The molecule has 6 heteroatoms. The summed E-state index contributed by atoms with van der Waals surface area (Å²) in [7, 11) is -6.28. The predicted molar refractivity (Wildman–Crippen MR) is 268 cm³/mol. The first-order valence-electron chi connectivity index (χ1n) is 36.8. The van der Waals surface area contributed by atoms with Crippen molar-refractivity contribution < 1.29 is 49.3 Å². The van der Waals surface area contributed by atoms with Crippen LogP contribution in [-0.4, -0.2) is 32.2 Å². The minimum atomic E-state index is -6.28. The molecule has 12 rings (SSSR count). The van der Waals surface area contributed by atoms with E-state index in [1.54, 1.807) is 0 Å². The van der Waals surface area contributed by atoms with E-state index in [1.165, 1.54) is 18.2 Å². The van der Waals surface area contributed by atoms with Gasteiger partial charge in [0.2, 0.25) is 11.9 Å². The number of para-hydroxylation sites is 4. The highest BCUT2D eigenvalue weighted by Crippen LogP contribution is 2.34. The van der Waals surface area contributed by atoms with Gasteiger partial charge in [-0.1, -0.05) is 211 Å². The Balaban J connectivity index is 1.40. The van der Waals surface area contributed by atoms with Crippen LogP contribution in [0, 0.1) is 6.85 Å². The number of rotatable bonds is 8. The van der Waals surface area contributed by atoms with E-state index in [0.29, 0.717) is 9.13 Å². The van der Waals surface area contributed by atoms with Gasteiger partial charge in [-0.25, -0.2) is 0 Å². The lowest BCUT2D eigenvalue weighted by Gasteiger charge is -2.35. The third-order valence-corrected chi connectivity index (χ3v) is 14.5.